The fourth-order valence-corrected chi connectivity index (χ4v) is 1.76. The zero-order valence-electron chi connectivity index (χ0n) is 9.42. The van der Waals surface area contributed by atoms with Crippen LogP contribution in [0.15, 0.2) is 36.8 Å². The molecule has 4 nitrogen and oxygen atoms in total. The second-order valence-corrected chi connectivity index (χ2v) is 3.60. The summed E-state index contributed by atoms with van der Waals surface area (Å²) in [5.74, 6) is -1.01. The van der Waals surface area contributed by atoms with Crippen LogP contribution in [0.25, 0.3) is 11.3 Å². The Morgan fingerprint density at radius 2 is 2.12 bits per heavy atom. The van der Waals surface area contributed by atoms with Gasteiger partial charge in [0.15, 0.2) is 0 Å². The molecule has 17 heavy (non-hydrogen) atoms. The highest BCUT2D eigenvalue weighted by Crippen LogP contribution is 2.24. The molecule has 4 heteroatoms. The minimum atomic E-state index is -1.01. The normalized spacial score (nSPS) is 10.2. The number of rotatable bonds is 3. The van der Waals surface area contributed by atoms with Crippen LogP contribution in [-0.2, 0) is 6.42 Å². The number of nitrogens with zero attached hydrogens (tertiary/aromatic N) is 2. The number of carboxylic acids is 1. The molecule has 0 unspecified atom stereocenters. The standard InChI is InChI=1S/C13H12N2O2/c1-2-9-5-3-4-6-10(9)12-11(13(16)17)7-14-8-15-12/h3-8H,2H2,1H3,(H,16,17). The Morgan fingerprint density at radius 1 is 1.35 bits per heavy atom. The lowest BCUT2D eigenvalue weighted by Gasteiger charge is -2.08. The van der Waals surface area contributed by atoms with E-state index in [0.29, 0.717) is 5.69 Å². The van der Waals surface area contributed by atoms with Crippen molar-refractivity contribution in [2.24, 2.45) is 0 Å². The maximum Gasteiger partial charge on any atom is 0.339 e. The third-order valence-electron chi connectivity index (χ3n) is 2.60. The number of hydrogen-bond acceptors (Lipinski definition) is 3. The van der Waals surface area contributed by atoms with Gasteiger partial charge in [-0.1, -0.05) is 31.2 Å². The molecule has 0 spiro atoms. The number of benzene rings is 1. The van der Waals surface area contributed by atoms with Gasteiger partial charge in [-0.25, -0.2) is 14.8 Å². The van der Waals surface area contributed by atoms with E-state index in [1.165, 1.54) is 12.5 Å². The molecule has 0 atom stereocenters. The van der Waals surface area contributed by atoms with Crippen LogP contribution in [0.5, 0.6) is 0 Å². The van der Waals surface area contributed by atoms with Crippen LogP contribution in [0.3, 0.4) is 0 Å². The first-order valence-electron chi connectivity index (χ1n) is 5.35. The number of hydrogen-bond donors (Lipinski definition) is 1. The zero-order valence-corrected chi connectivity index (χ0v) is 9.42. The molecular formula is C13H12N2O2. The summed E-state index contributed by atoms with van der Waals surface area (Å²) in [4.78, 5) is 19.0. The van der Waals surface area contributed by atoms with E-state index in [1.54, 1.807) is 0 Å². The molecule has 0 fully saturated rings. The van der Waals surface area contributed by atoms with Gasteiger partial charge in [-0.05, 0) is 12.0 Å². The summed E-state index contributed by atoms with van der Waals surface area (Å²) in [6.45, 7) is 2.03. The van der Waals surface area contributed by atoms with E-state index in [2.05, 4.69) is 9.97 Å². The predicted molar refractivity (Wildman–Crippen MR) is 63.8 cm³/mol. The van der Waals surface area contributed by atoms with Crippen molar-refractivity contribution >= 4 is 5.97 Å². The Balaban J connectivity index is 2.64. The van der Waals surface area contributed by atoms with Crippen molar-refractivity contribution in [1.82, 2.24) is 9.97 Å². The average molecular weight is 228 g/mol. The lowest BCUT2D eigenvalue weighted by atomic mass is 9.99. The number of carbonyl (C=O) groups is 1. The fourth-order valence-electron chi connectivity index (χ4n) is 1.76. The second kappa shape index (κ2) is 4.74. The lowest BCUT2D eigenvalue weighted by molar-refractivity contribution is 0.0697. The van der Waals surface area contributed by atoms with E-state index >= 15 is 0 Å². The van der Waals surface area contributed by atoms with Gasteiger partial charge in [0.25, 0.3) is 0 Å². The molecule has 86 valence electrons. The summed E-state index contributed by atoms with van der Waals surface area (Å²) in [7, 11) is 0. The highest BCUT2D eigenvalue weighted by molar-refractivity contribution is 5.94. The van der Waals surface area contributed by atoms with Crippen LogP contribution in [0, 0.1) is 0 Å². The first-order valence-corrected chi connectivity index (χ1v) is 5.35. The molecule has 0 amide bonds. The Hall–Kier alpha value is -2.23. The lowest BCUT2D eigenvalue weighted by Crippen LogP contribution is -2.03. The molecule has 0 radical (unpaired) electrons. The van der Waals surface area contributed by atoms with Crippen LogP contribution < -0.4 is 0 Å². The molecule has 0 saturated carbocycles. The highest BCUT2D eigenvalue weighted by atomic mass is 16.4. The predicted octanol–water partition coefficient (Wildman–Crippen LogP) is 2.40. The monoisotopic (exact) mass is 228 g/mol. The third kappa shape index (κ3) is 2.15. The van der Waals surface area contributed by atoms with Crippen molar-refractivity contribution in [2.45, 2.75) is 13.3 Å². The van der Waals surface area contributed by atoms with Crippen molar-refractivity contribution in [1.29, 1.82) is 0 Å². The van der Waals surface area contributed by atoms with Crippen molar-refractivity contribution in [2.75, 3.05) is 0 Å². The van der Waals surface area contributed by atoms with E-state index < -0.39 is 5.97 Å². The fraction of sp³-hybridized carbons (Fsp3) is 0.154. The smallest absolute Gasteiger partial charge is 0.339 e. The topological polar surface area (TPSA) is 63.1 Å². The van der Waals surface area contributed by atoms with E-state index in [9.17, 15) is 4.79 Å². The molecular weight excluding hydrogens is 216 g/mol. The Morgan fingerprint density at radius 3 is 2.82 bits per heavy atom. The minimum absolute atomic E-state index is 0.133. The molecule has 2 rings (SSSR count). The number of carboxylic acid groups (broad SMARTS) is 1. The van der Waals surface area contributed by atoms with Gasteiger partial charge >= 0.3 is 5.97 Å². The molecule has 2 aromatic rings. The van der Waals surface area contributed by atoms with Crippen LogP contribution in [0.1, 0.15) is 22.8 Å². The quantitative estimate of drug-likeness (QED) is 0.876. The van der Waals surface area contributed by atoms with Crippen molar-refractivity contribution < 1.29 is 9.90 Å². The molecule has 0 saturated heterocycles. The van der Waals surface area contributed by atoms with Crippen molar-refractivity contribution in [3.05, 3.63) is 47.9 Å². The summed E-state index contributed by atoms with van der Waals surface area (Å²) >= 11 is 0. The van der Waals surface area contributed by atoms with Crippen molar-refractivity contribution in [3.8, 4) is 11.3 Å². The van der Waals surface area contributed by atoms with Gasteiger partial charge in [0.2, 0.25) is 0 Å². The SMILES string of the molecule is CCc1ccccc1-c1ncncc1C(=O)O. The van der Waals surface area contributed by atoms with Gasteiger partial charge in [0, 0.05) is 11.8 Å². The zero-order chi connectivity index (χ0) is 12.3. The van der Waals surface area contributed by atoms with E-state index in [1.807, 2.05) is 31.2 Å². The van der Waals surface area contributed by atoms with Gasteiger partial charge in [-0.3, -0.25) is 0 Å². The number of aromatic nitrogens is 2. The Labute approximate surface area is 99.0 Å². The molecule has 1 N–H and O–H groups in total. The molecule has 1 aromatic carbocycles. The summed E-state index contributed by atoms with van der Waals surface area (Å²) < 4.78 is 0. The Bertz CT molecular complexity index is 553. The summed E-state index contributed by atoms with van der Waals surface area (Å²) in [6.07, 6.45) is 3.53. The molecule has 1 heterocycles. The van der Waals surface area contributed by atoms with Crippen LogP contribution in [-0.4, -0.2) is 21.0 Å². The van der Waals surface area contributed by atoms with Gasteiger partial charge < -0.3 is 5.11 Å². The van der Waals surface area contributed by atoms with E-state index in [4.69, 9.17) is 5.11 Å². The molecule has 0 aliphatic heterocycles. The number of aromatic carboxylic acids is 1. The average Bonchev–Trinajstić information content (AvgIpc) is 2.38. The third-order valence-corrected chi connectivity index (χ3v) is 2.60. The van der Waals surface area contributed by atoms with Gasteiger partial charge in [0.05, 0.1) is 5.69 Å². The van der Waals surface area contributed by atoms with E-state index in [0.717, 1.165) is 17.5 Å². The summed E-state index contributed by atoms with van der Waals surface area (Å²) in [6, 6.07) is 7.67. The largest absolute Gasteiger partial charge is 0.478 e. The molecule has 0 bridgehead atoms. The van der Waals surface area contributed by atoms with Gasteiger partial charge in [0.1, 0.15) is 11.9 Å². The first kappa shape index (κ1) is 11.3. The van der Waals surface area contributed by atoms with Gasteiger partial charge in [-0.2, -0.15) is 0 Å². The maximum absolute atomic E-state index is 11.1. The second-order valence-electron chi connectivity index (χ2n) is 3.60. The highest BCUT2D eigenvalue weighted by Gasteiger charge is 2.14. The first-order chi connectivity index (χ1) is 8.24. The van der Waals surface area contributed by atoms with Crippen molar-refractivity contribution in [3.63, 3.8) is 0 Å². The van der Waals surface area contributed by atoms with Crippen LogP contribution in [0.4, 0.5) is 0 Å². The molecule has 0 aliphatic carbocycles. The Kier molecular flexibility index (Phi) is 3.14. The summed E-state index contributed by atoms with van der Waals surface area (Å²) in [5.41, 5.74) is 2.54. The minimum Gasteiger partial charge on any atom is -0.478 e. The molecule has 1 aromatic heterocycles. The van der Waals surface area contributed by atoms with Crippen LogP contribution in [0.2, 0.25) is 0 Å². The summed E-state index contributed by atoms with van der Waals surface area (Å²) in [5, 5.41) is 9.11. The van der Waals surface area contributed by atoms with E-state index in [-0.39, 0.29) is 5.56 Å². The maximum atomic E-state index is 11.1. The molecule has 0 aliphatic rings. The number of aryl methyl sites for hydroxylation is 1. The van der Waals surface area contributed by atoms with Gasteiger partial charge in [-0.15, -0.1) is 0 Å². The van der Waals surface area contributed by atoms with Crippen LogP contribution >= 0.6 is 0 Å².